The molecule has 0 saturated carbocycles. The lowest BCUT2D eigenvalue weighted by atomic mass is 10.1. The zero-order valence-electron chi connectivity index (χ0n) is 11.7. The standard InChI is InChI=1S/C15H12F2N4O/c1-2-21-14-6-3-9(7-13(14)19-20-21)15(22)18-12-8-10(16)4-5-11(12)17/h3-8H,2H2,1H3,(H,18,22). The summed E-state index contributed by atoms with van der Waals surface area (Å²) in [7, 11) is 0. The molecular weight excluding hydrogens is 290 g/mol. The monoisotopic (exact) mass is 302 g/mol. The van der Waals surface area contributed by atoms with Crippen LogP contribution in [0.3, 0.4) is 0 Å². The van der Waals surface area contributed by atoms with Crippen molar-refractivity contribution in [2.45, 2.75) is 13.5 Å². The molecule has 112 valence electrons. The number of aryl methyl sites for hydroxylation is 1. The summed E-state index contributed by atoms with van der Waals surface area (Å²) in [5.74, 6) is -1.87. The van der Waals surface area contributed by atoms with Gasteiger partial charge < -0.3 is 5.32 Å². The Labute approximate surface area is 124 Å². The molecule has 5 nitrogen and oxygen atoms in total. The van der Waals surface area contributed by atoms with Gasteiger partial charge in [0.2, 0.25) is 0 Å². The van der Waals surface area contributed by atoms with Gasteiger partial charge in [-0.2, -0.15) is 0 Å². The number of rotatable bonds is 3. The largest absolute Gasteiger partial charge is 0.319 e. The van der Waals surface area contributed by atoms with Gasteiger partial charge in [0.1, 0.15) is 17.2 Å². The van der Waals surface area contributed by atoms with Gasteiger partial charge in [-0.15, -0.1) is 5.10 Å². The summed E-state index contributed by atoms with van der Waals surface area (Å²) in [6.45, 7) is 2.60. The van der Waals surface area contributed by atoms with Gasteiger partial charge in [0.15, 0.2) is 0 Å². The number of nitrogens with zero attached hydrogens (tertiary/aromatic N) is 3. The minimum atomic E-state index is -0.701. The number of anilines is 1. The second-order valence-electron chi connectivity index (χ2n) is 4.69. The van der Waals surface area contributed by atoms with Gasteiger partial charge in [0, 0.05) is 18.2 Å². The third-order valence-electron chi connectivity index (χ3n) is 3.25. The molecule has 0 aliphatic carbocycles. The second kappa shape index (κ2) is 5.51. The van der Waals surface area contributed by atoms with Crippen LogP contribution in [-0.4, -0.2) is 20.9 Å². The minimum absolute atomic E-state index is 0.206. The number of carbonyl (C=O) groups is 1. The lowest BCUT2D eigenvalue weighted by Gasteiger charge is -2.06. The van der Waals surface area contributed by atoms with Crippen LogP contribution in [0.15, 0.2) is 36.4 Å². The van der Waals surface area contributed by atoms with Gasteiger partial charge in [-0.3, -0.25) is 4.79 Å². The average molecular weight is 302 g/mol. The molecule has 0 spiro atoms. The first-order valence-electron chi connectivity index (χ1n) is 6.68. The van der Waals surface area contributed by atoms with Crippen molar-refractivity contribution < 1.29 is 13.6 Å². The lowest BCUT2D eigenvalue weighted by Crippen LogP contribution is -2.13. The van der Waals surface area contributed by atoms with E-state index in [-0.39, 0.29) is 5.69 Å². The van der Waals surface area contributed by atoms with Gasteiger partial charge in [0.05, 0.1) is 11.2 Å². The van der Waals surface area contributed by atoms with E-state index in [1.165, 1.54) is 0 Å². The fourth-order valence-corrected chi connectivity index (χ4v) is 2.13. The van der Waals surface area contributed by atoms with E-state index in [4.69, 9.17) is 0 Å². The number of halogens is 2. The zero-order chi connectivity index (χ0) is 15.7. The molecule has 0 aliphatic rings. The summed E-state index contributed by atoms with van der Waals surface area (Å²) in [6.07, 6.45) is 0. The Morgan fingerprint density at radius 2 is 2.05 bits per heavy atom. The van der Waals surface area contributed by atoms with Gasteiger partial charge in [-0.25, -0.2) is 13.5 Å². The van der Waals surface area contributed by atoms with Crippen LogP contribution in [0.2, 0.25) is 0 Å². The van der Waals surface area contributed by atoms with Crippen molar-refractivity contribution in [3.63, 3.8) is 0 Å². The molecule has 1 heterocycles. The Hall–Kier alpha value is -2.83. The van der Waals surface area contributed by atoms with Crippen LogP contribution < -0.4 is 5.32 Å². The first-order valence-corrected chi connectivity index (χ1v) is 6.68. The first-order chi connectivity index (χ1) is 10.6. The number of carbonyl (C=O) groups excluding carboxylic acids is 1. The highest BCUT2D eigenvalue weighted by Crippen LogP contribution is 2.18. The molecule has 22 heavy (non-hydrogen) atoms. The Morgan fingerprint density at radius 3 is 2.82 bits per heavy atom. The Balaban J connectivity index is 1.90. The van der Waals surface area contributed by atoms with Crippen molar-refractivity contribution in [1.82, 2.24) is 15.0 Å². The Morgan fingerprint density at radius 1 is 1.23 bits per heavy atom. The zero-order valence-corrected chi connectivity index (χ0v) is 11.7. The molecule has 0 radical (unpaired) electrons. The van der Waals surface area contributed by atoms with E-state index >= 15 is 0 Å². The summed E-state index contributed by atoms with van der Waals surface area (Å²) in [5.41, 5.74) is 1.45. The maximum atomic E-state index is 13.5. The third kappa shape index (κ3) is 2.52. The van der Waals surface area contributed by atoms with E-state index in [1.54, 1.807) is 22.9 Å². The van der Waals surface area contributed by atoms with Crippen LogP contribution in [0.1, 0.15) is 17.3 Å². The van der Waals surface area contributed by atoms with Crippen molar-refractivity contribution >= 4 is 22.6 Å². The topological polar surface area (TPSA) is 59.8 Å². The molecule has 1 aromatic heterocycles. The summed E-state index contributed by atoms with van der Waals surface area (Å²) < 4.78 is 28.3. The first kappa shape index (κ1) is 14.1. The SMILES string of the molecule is CCn1nnc2cc(C(=O)Nc3cc(F)ccc3F)ccc21. The van der Waals surface area contributed by atoms with Crippen molar-refractivity contribution in [2.24, 2.45) is 0 Å². The van der Waals surface area contributed by atoms with Gasteiger partial charge in [-0.05, 0) is 37.3 Å². The van der Waals surface area contributed by atoms with E-state index in [0.29, 0.717) is 17.6 Å². The summed E-state index contributed by atoms with van der Waals surface area (Å²) in [4.78, 5) is 12.1. The van der Waals surface area contributed by atoms with Crippen LogP contribution in [0.4, 0.5) is 14.5 Å². The smallest absolute Gasteiger partial charge is 0.255 e. The molecule has 1 N–H and O–H groups in total. The molecule has 0 unspecified atom stereocenters. The number of nitrogens with one attached hydrogen (secondary N) is 1. The number of fused-ring (bicyclic) bond motifs is 1. The Kier molecular flexibility index (Phi) is 3.54. The Bertz CT molecular complexity index is 860. The highest BCUT2D eigenvalue weighted by Gasteiger charge is 2.12. The molecular formula is C15H12F2N4O. The maximum absolute atomic E-state index is 13.5. The predicted octanol–water partition coefficient (Wildman–Crippen LogP) is 2.98. The molecule has 3 rings (SSSR count). The van der Waals surface area contributed by atoms with Crippen molar-refractivity contribution in [3.05, 3.63) is 53.6 Å². The molecule has 2 aromatic carbocycles. The number of benzene rings is 2. The summed E-state index contributed by atoms with van der Waals surface area (Å²) in [6, 6.07) is 7.74. The van der Waals surface area contributed by atoms with Gasteiger partial charge >= 0.3 is 0 Å². The molecule has 0 bridgehead atoms. The number of amides is 1. The quantitative estimate of drug-likeness (QED) is 0.809. The van der Waals surface area contributed by atoms with Crippen LogP contribution in [0, 0.1) is 11.6 Å². The third-order valence-corrected chi connectivity index (χ3v) is 3.25. The van der Waals surface area contributed by atoms with Crippen LogP contribution in [0.5, 0.6) is 0 Å². The number of hydrogen-bond acceptors (Lipinski definition) is 3. The summed E-state index contributed by atoms with van der Waals surface area (Å²) in [5, 5.41) is 10.3. The normalized spacial score (nSPS) is 10.9. The molecule has 3 aromatic rings. The van der Waals surface area contributed by atoms with E-state index in [0.717, 1.165) is 23.7 Å². The maximum Gasteiger partial charge on any atom is 0.255 e. The number of aromatic nitrogens is 3. The number of hydrogen-bond donors (Lipinski definition) is 1. The van der Waals surface area contributed by atoms with E-state index in [1.807, 2.05) is 6.92 Å². The van der Waals surface area contributed by atoms with Crippen LogP contribution in [-0.2, 0) is 6.54 Å². The molecule has 7 heteroatoms. The molecule has 0 aliphatic heterocycles. The highest BCUT2D eigenvalue weighted by molar-refractivity contribution is 6.05. The average Bonchev–Trinajstić information content (AvgIpc) is 2.93. The van der Waals surface area contributed by atoms with E-state index in [2.05, 4.69) is 15.6 Å². The van der Waals surface area contributed by atoms with Crippen molar-refractivity contribution in [3.8, 4) is 0 Å². The predicted molar refractivity (Wildman–Crippen MR) is 77.5 cm³/mol. The van der Waals surface area contributed by atoms with E-state index in [9.17, 15) is 13.6 Å². The fourth-order valence-electron chi connectivity index (χ4n) is 2.13. The van der Waals surface area contributed by atoms with Crippen molar-refractivity contribution in [1.29, 1.82) is 0 Å². The van der Waals surface area contributed by atoms with Gasteiger partial charge in [0.25, 0.3) is 5.91 Å². The van der Waals surface area contributed by atoms with Crippen LogP contribution >= 0.6 is 0 Å². The highest BCUT2D eigenvalue weighted by atomic mass is 19.1. The molecule has 0 fully saturated rings. The van der Waals surface area contributed by atoms with Crippen molar-refractivity contribution in [2.75, 3.05) is 5.32 Å². The molecule has 1 amide bonds. The molecule has 0 saturated heterocycles. The van der Waals surface area contributed by atoms with Crippen LogP contribution in [0.25, 0.3) is 11.0 Å². The van der Waals surface area contributed by atoms with E-state index < -0.39 is 17.5 Å². The van der Waals surface area contributed by atoms with Gasteiger partial charge in [-0.1, -0.05) is 5.21 Å². The lowest BCUT2D eigenvalue weighted by molar-refractivity contribution is 0.102. The fraction of sp³-hybridized carbons (Fsp3) is 0.133. The summed E-state index contributed by atoms with van der Waals surface area (Å²) >= 11 is 0. The second-order valence-corrected chi connectivity index (χ2v) is 4.69. The molecule has 0 atom stereocenters. The minimum Gasteiger partial charge on any atom is -0.319 e.